The predicted octanol–water partition coefficient (Wildman–Crippen LogP) is 2.85. The van der Waals surface area contributed by atoms with Gasteiger partial charge in [-0.25, -0.2) is 8.42 Å². The van der Waals surface area contributed by atoms with Crippen LogP contribution in [0.25, 0.3) is 0 Å². The Bertz CT molecular complexity index is 927. The maximum atomic E-state index is 13.0. The highest BCUT2D eigenvalue weighted by atomic mass is 35.5. The summed E-state index contributed by atoms with van der Waals surface area (Å²) in [5.41, 5.74) is 0.879. The predicted molar refractivity (Wildman–Crippen MR) is 103 cm³/mol. The summed E-state index contributed by atoms with van der Waals surface area (Å²) < 4.78 is 32.6. The molecule has 0 radical (unpaired) electrons. The van der Waals surface area contributed by atoms with E-state index in [1.54, 1.807) is 25.1 Å². The molecule has 3 rings (SSSR count). The van der Waals surface area contributed by atoms with Crippen molar-refractivity contribution in [2.75, 3.05) is 26.3 Å². The minimum atomic E-state index is -3.78. The molecular weight excluding hydrogens is 388 g/mol. The summed E-state index contributed by atoms with van der Waals surface area (Å²) in [6, 6.07) is 13.1. The summed E-state index contributed by atoms with van der Waals surface area (Å²) in [5.74, 6) is -0.463. The van der Waals surface area contributed by atoms with Crippen LogP contribution in [0.1, 0.15) is 28.9 Å². The third-order valence-electron chi connectivity index (χ3n) is 4.44. The number of amides is 1. The van der Waals surface area contributed by atoms with Crippen LogP contribution in [0, 0.1) is 0 Å². The van der Waals surface area contributed by atoms with Gasteiger partial charge in [-0.3, -0.25) is 4.79 Å². The molecule has 0 aliphatic carbocycles. The first-order valence-corrected chi connectivity index (χ1v) is 10.5. The number of carbonyl (C=O) groups excluding carboxylic acids is 1. The number of rotatable bonds is 5. The molecule has 1 N–H and O–H groups in total. The van der Waals surface area contributed by atoms with Crippen LogP contribution in [0.15, 0.2) is 53.4 Å². The Hall–Kier alpha value is -1.93. The highest BCUT2D eigenvalue weighted by Crippen LogP contribution is 2.25. The quantitative estimate of drug-likeness (QED) is 0.825. The lowest BCUT2D eigenvalue weighted by atomic mass is 10.1. The SMILES string of the molecule is CC(NC(=O)c1ccccc1S(=O)(=O)N1CCOCC1)c1ccccc1Cl. The molecule has 144 valence electrons. The fourth-order valence-electron chi connectivity index (χ4n) is 2.98. The number of nitrogens with zero attached hydrogens (tertiary/aromatic N) is 1. The van der Waals surface area contributed by atoms with Crippen LogP contribution < -0.4 is 5.32 Å². The zero-order valence-corrected chi connectivity index (χ0v) is 16.5. The third-order valence-corrected chi connectivity index (χ3v) is 6.74. The molecule has 27 heavy (non-hydrogen) atoms. The van der Waals surface area contributed by atoms with Gasteiger partial charge in [-0.15, -0.1) is 0 Å². The number of benzene rings is 2. The summed E-state index contributed by atoms with van der Waals surface area (Å²) in [5, 5.41) is 3.38. The Kier molecular flexibility index (Phi) is 6.16. The summed E-state index contributed by atoms with van der Waals surface area (Å²) in [6.07, 6.45) is 0. The molecule has 1 amide bonds. The average Bonchev–Trinajstić information content (AvgIpc) is 2.69. The summed E-state index contributed by atoms with van der Waals surface area (Å²) in [7, 11) is -3.78. The average molecular weight is 409 g/mol. The number of halogens is 1. The number of morpholine rings is 1. The van der Waals surface area contributed by atoms with Crippen molar-refractivity contribution in [2.24, 2.45) is 0 Å². The van der Waals surface area contributed by atoms with Gasteiger partial charge in [-0.2, -0.15) is 4.31 Å². The number of sulfonamides is 1. The lowest BCUT2D eigenvalue weighted by Gasteiger charge is -2.27. The molecule has 1 aliphatic heterocycles. The molecule has 2 aromatic rings. The zero-order chi connectivity index (χ0) is 19.4. The lowest BCUT2D eigenvalue weighted by molar-refractivity contribution is 0.0729. The van der Waals surface area contributed by atoms with Crippen molar-refractivity contribution in [2.45, 2.75) is 17.9 Å². The van der Waals surface area contributed by atoms with Crippen LogP contribution in [0.3, 0.4) is 0 Å². The second-order valence-electron chi connectivity index (χ2n) is 6.23. The molecule has 1 unspecified atom stereocenters. The highest BCUT2D eigenvalue weighted by Gasteiger charge is 2.30. The largest absolute Gasteiger partial charge is 0.379 e. The molecule has 1 heterocycles. The monoisotopic (exact) mass is 408 g/mol. The molecular formula is C19H21ClN2O4S. The Morgan fingerprint density at radius 2 is 1.74 bits per heavy atom. The fraction of sp³-hybridized carbons (Fsp3) is 0.316. The molecule has 1 atom stereocenters. The van der Waals surface area contributed by atoms with Gasteiger partial charge in [-0.1, -0.05) is 41.9 Å². The summed E-state index contributed by atoms with van der Waals surface area (Å²) in [4.78, 5) is 12.8. The van der Waals surface area contributed by atoms with E-state index in [0.717, 1.165) is 5.56 Å². The van der Waals surface area contributed by atoms with Crippen LogP contribution in [0.2, 0.25) is 5.02 Å². The first kappa shape index (κ1) is 19.8. The molecule has 8 heteroatoms. The van der Waals surface area contributed by atoms with E-state index in [2.05, 4.69) is 5.32 Å². The summed E-state index contributed by atoms with van der Waals surface area (Å²) >= 11 is 6.19. The number of carbonyl (C=O) groups is 1. The van der Waals surface area contributed by atoms with Crippen LogP contribution >= 0.6 is 11.6 Å². The van der Waals surface area contributed by atoms with Gasteiger partial charge in [0.25, 0.3) is 5.91 Å². The molecule has 0 bridgehead atoms. The fourth-order valence-corrected chi connectivity index (χ4v) is 4.88. The van der Waals surface area contributed by atoms with Gasteiger partial charge in [0, 0.05) is 18.1 Å². The maximum absolute atomic E-state index is 13.0. The van der Waals surface area contributed by atoms with E-state index in [-0.39, 0.29) is 29.6 Å². The Labute approximate surface area is 164 Å². The van der Waals surface area contributed by atoms with Crippen molar-refractivity contribution in [1.29, 1.82) is 0 Å². The first-order valence-electron chi connectivity index (χ1n) is 8.63. The Morgan fingerprint density at radius 1 is 1.11 bits per heavy atom. The van der Waals surface area contributed by atoms with Crippen molar-refractivity contribution in [3.63, 3.8) is 0 Å². The van der Waals surface area contributed by atoms with Gasteiger partial charge in [0.05, 0.1) is 29.7 Å². The van der Waals surface area contributed by atoms with Gasteiger partial charge in [0.2, 0.25) is 10.0 Å². The Balaban J connectivity index is 1.87. The topological polar surface area (TPSA) is 75.7 Å². The molecule has 6 nitrogen and oxygen atoms in total. The van der Waals surface area contributed by atoms with E-state index in [9.17, 15) is 13.2 Å². The second-order valence-corrected chi connectivity index (χ2v) is 8.54. The van der Waals surface area contributed by atoms with E-state index < -0.39 is 15.9 Å². The molecule has 1 aliphatic rings. The van der Waals surface area contributed by atoms with Gasteiger partial charge < -0.3 is 10.1 Å². The van der Waals surface area contributed by atoms with Crippen molar-refractivity contribution in [1.82, 2.24) is 9.62 Å². The normalized spacial score (nSPS) is 16.7. The molecule has 1 fully saturated rings. The van der Waals surface area contributed by atoms with Crippen LogP contribution in [-0.4, -0.2) is 44.9 Å². The van der Waals surface area contributed by atoms with Crippen molar-refractivity contribution < 1.29 is 17.9 Å². The third kappa shape index (κ3) is 4.32. The van der Waals surface area contributed by atoms with E-state index in [1.807, 2.05) is 18.2 Å². The number of ether oxygens (including phenoxy) is 1. The maximum Gasteiger partial charge on any atom is 0.253 e. The smallest absolute Gasteiger partial charge is 0.253 e. The molecule has 1 saturated heterocycles. The number of nitrogens with one attached hydrogen (secondary N) is 1. The van der Waals surface area contributed by atoms with E-state index in [1.165, 1.54) is 16.4 Å². The molecule has 0 saturated carbocycles. The Morgan fingerprint density at radius 3 is 2.44 bits per heavy atom. The lowest BCUT2D eigenvalue weighted by Crippen LogP contribution is -2.41. The van der Waals surface area contributed by atoms with Crippen molar-refractivity contribution in [3.05, 3.63) is 64.7 Å². The minimum absolute atomic E-state index is 0.00393. The van der Waals surface area contributed by atoms with Gasteiger partial charge in [0.1, 0.15) is 0 Å². The van der Waals surface area contributed by atoms with Gasteiger partial charge in [-0.05, 0) is 30.7 Å². The van der Waals surface area contributed by atoms with Crippen molar-refractivity contribution >= 4 is 27.5 Å². The van der Waals surface area contributed by atoms with Gasteiger partial charge in [0.15, 0.2) is 0 Å². The minimum Gasteiger partial charge on any atom is -0.379 e. The highest BCUT2D eigenvalue weighted by molar-refractivity contribution is 7.89. The summed E-state index contributed by atoms with van der Waals surface area (Å²) in [6.45, 7) is 3.04. The second kappa shape index (κ2) is 8.39. The zero-order valence-electron chi connectivity index (χ0n) is 14.9. The van der Waals surface area contributed by atoms with E-state index in [0.29, 0.717) is 18.2 Å². The number of hydrogen-bond donors (Lipinski definition) is 1. The first-order chi connectivity index (χ1) is 12.9. The van der Waals surface area contributed by atoms with Crippen LogP contribution in [-0.2, 0) is 14.8 Å². The van der Waals surface area contributed by atoms with E-state index in [4.69, 9.17) is 16.3 Å². The molecule has 0 aromatic heterocycles. The van der Waals surface area contributed by atoms with E-state index >= 15 is 0 Å². The van der Waals surface area contributed by atoms with Gasteiger partial charge >= 0.3 is 0 Å². The van der Waals surface area contributed by atoms with Crippen molar-refractivity contribution in [3.8, 4) is 0 Å². The van der Waals surface area contributed by atoms with Crippen LogP contribution in [0.4, 0.5) is 0 Å². The van der Waals surface area contributed by atoms with Crippen LogP contribution in [0.5, 0.6) is 0 Å². The molecule has 0 spiro atoms. The standard InChI is InChI=1S/C19H21ClN2O4S/c1-14(15-6-2-4-8-17(15)20)21-19(23)16-7-3-5-9-18(16)27(24,25)22-10-12-26-13-11-22/h2-9,14H,10-13H2,1H3,(H,21,23). The molecule has 2 aromatic carbocycles. The number of hydrogen-bond acceptors (Lipinski definition) is 4.